The Hall–Kier alpha value is -3.25. The third kappa shape index (κ3) is 7.78. The number of rotatable bonds is 9. The first-order valence-corrected chi connectivity index (χ1v) is 11.0. The van der Waals surface area contributed by atoms with Gasteiger partial charge in [0.2, 0.25) is 5.95 Å². The lowest BCUT2D eigenvalue weighted by Crippen LogP contribution is -2.43. The van der Waals surface area contributed by atoms with Crippen LogP contribution in [0.1, 0.15) is 56.4 Å². The summed E-state index contributed by atoms with van der Waals surface area (Å²) in [7, 11) is 0. The summed E-state index contributed by atoms with van der Waals surface area (Å²) in [5, 5.41) is 0. The molecule has 0 saturated heterocycles. The molecule has 2 aromatic rings. The van der Waals surface area contributed by atoms with Gasteiger partial charge in [0.05, 0.1) is 12.3 Å². The number of benzene rings is 1. The van der Waals surface area contributed by atoms with Crippen LogP contribution in [0.3, 0.4) is 0 Å². The van der Waals surface area contributed by atoms with Gasteiger partial charge in [-0.3, -0.25) is 9.36 Å². The van der Waals surface area contributed by atoms with E-state index >= 15 is 0 Å². The van der Waals surface area contributed by atoms with Gasteiger partial charge in [0.1, 0.15) is 0 Å². The van der Waals surface area contributed by atoms with Crippen molar-refractivity contribution in [2.45, 2.75) is 52.0 Å². The third-order valence-electron chi connectivity index (χ3n) is 5.11. The molecule has 0 amide bonds. The van der Waals surface area contributed by atoms with Gasteiger partial charge >= 0.3 is 0 Å². The predicted molar refractivity (Wildman–Crippen MR) is 132 cm³/mol. The van der Waals surface area contributed by atoms with Gasteiger partial charge in [0.25, 0.3) is 6.47 Å². The quantitative estimate of drug-likeness (QED) is 0.323. The van der Waals surface area contributed by atoms with Crippen LogP contribution in [0, 0.1) is 6.92 Å². The third-order valence-corrected chi connectivity index (χ3v) is 5.11. The van der Waals surface area contributed by atoms with Gasteiger partial charge in [-0.2, -0.15) is 0 Å². The van der Waals surface area contributed by atoms with E-state index < -0.39 is 0 Å². The summed E-state index contributed by atoms with van der Waals surface area (Å²) in [5.74, 6) is 0.680. The van der Waals surface area contributed by atoms with Crippen LogP contribution < -0.4 is 5.73 Å². The van der Waals surface area contributed by atoms with Crippen molar-refractivity contribution in [3.8, 4) is 0 Å². The number of aliphatic imine (C=N–C) groups is 1. The van der Waals surface area contributed by atoms with Crippen molar-refractivity contribution in [2.24, 2.45) is 10.7 Å². The van der Waals surface area contributed by atoms with Crippen LogP contribution in [0.15, 0.2) is 65.8 Å². The summed E-state index contributed by atoms with van der Waals surface area (Å²) >= 11 is 0. The number of aromatic nitrogens is 2. The molecule has 6 nitrogen and oxygen atoms in total. The normalized spacial score (nSPS) is 15.2. The van der Waals surface area contributed by atoms with Crippen molar-refractivity contribution < 1.29 is 9.53 Å². The summed E-state index contributed by atoms with van der Waals surface area (Å²) in [4.78, 5) is 18.2. The number of hydrogen-bond donors (Lipinski definition) is 1. The molecule has 32 heavy (non-hydrogen) atoms. The number of ether oxygens (including phenoxy) is 1. The van der Waals surface area contributed by atoms with Crippen LogP contribution in [-0.4, -0.2) is 28.8 Å². The first kappa shape index (κ1) is 25.0. The van der Waals surface area contributed by atoms with E-state index in [0.717, 1.165) is 30.5 Å². The van der Waals surface area contributed by atoms with Crippen LogP contribution in [0.25, 0.3) is 6.20 Å². The first-order chi connectivity index (χ1) is 15.5. The van der Waals surface area contributed by atoms with E-state index in [0.29, 0.717) is 19.0 Å². The lowest BCUT2D eigenvalue weighted by Gasteiger charge is -2.38. The molecule has 1 aliphatic carbocycles. The molecule has 1 aromatic heterocycles. The van der Waals surface area contributed by atoms with Gasteiger partial charge in [-0.25, -0.2) is 9.98 Å². The van der Waals surface area contributed by atoms with Crippen LogP contribution in [0.5, 0.6) is 0 Å². The lowest BCUT2D eigenvalue weighted by molar-refractivity contribution is -0.128. The maximum absolute atomic E-state index is 9.18. The zero-order valence-corrected chi connectivity index (χ0v) is 19.3. The number of hydrogen-bond acceptors (Lipinski definition) is 5. The Bertz CT molecular complexity index is 949. The highest BCUT2D eigenvalue weighted by molar-refractivity contribution is 5.81. The maximum atomic E-state index is 9.18. The largest absolute Gasteiger partial charge is 0.468 e. The van der Waals surface area contributed by atoms with E-state index in [1.165, 1.54) is 12.0 Å². The molecular formula is C26H34N4O2. The summed E-state index contributed by atoms with van der Waals surface area (Å²) < 4.78 is 6.10. The number of allylic oxidation sites excluding steroid dienone is 5. The zero-order valence-electron chi connectivity index (χ0n) is 19.3. The van der Waals surface area contributed by atoms with Gasteiger partial charge in [0.15, 0.2) is 0 Å². The second-order valence-corrected chi connectivity index (χ2v) is 7.61. The molecule has 0 bridgehead atoms. The number of imidazole rings is 1. The van der Waals surface area contributed by atoms with E-state index in [4.69, 9.17) is 5.73 Å². The van der Waals surface area contributed by atoms with Crippen molar-refractivity contribution in [3.63, 3.8) is 0 Å². The second-order valence-electron chi connectivity index (χ2n) is 7.61. The Kier molecular flexibility index (Phi) is 10.3. The van der Waals surface area contributed by atoms with Crippen LogP contribution in [0.4, 0.5) is 5.95 Å². The van der Waals surface area contributed by atoms with Crippen molar-refractivity contribution in [1.29, 1.82) is 0 Å². The highest BCUT2D eigenvalue weighted by Gasteiger charge is 2.33. The molecule has 170 valence electrons. The molecule has 0 aliphatic heterocycles. The average Bonchev–Trinajstić information content (AvgIpc) is 3.13. The molecule has 2 N–H and O–H groups in total. The molecule has 0 radical (unpaired) electrons. The summed E-state index contributed by atoms with van der Waals surface area (Å²) in [6.07, 6.45) is 20.4. The van der Waals surface area contributed by atoms with Crippen LogP contribution in [0.2, 0.25) is 0 Å². The van der Waals surface area contributed by atoms with Gasteiger partial charge in [-0.1, -0.05) is 54.6 Å². The lowest BCUT2D eigenvalue weighted by atomic mass is 9.73. The van der Waals surface area contributed by atoms with Crippen molar-refractivity contribution in [1.82, 2.24) is 9.55 Å². The van der Waals surface area contributed by atoms with Crippen molar-refractivity contribution in [2.75, 3.05) is 6.61 Å². The van der Waals surface area contributed by atoms with Gasteiger partial charge in [-0.15, -0.1) is 0 Å². The fourth-order valence-corrected chi connectivity index (χ4v) is 3.18. The Labute approximate surface area is 191 Å². The van der Waals surface area contributed by atoms with Crippen LogP contribution >= 0.6 is 0 Å². The van der Waals surface area contributed by atoms with E-state index in [-0.39, 0.29) is 5.54 Å². The number of carbonyl (C=O) groups excluding carboxylic acids is 1. The smallest absolute Gasteiger partial charge is 0.293 e. The molecule has 1 heterocycles. The summed E-state index contributed by atoms with van der Waals surface area (Å²) in [5.41, 5.74) is 9.48. The topological polar surface area (TPSA) is 82.5 Å². The number of nitrogens with zero attached hydrogens (tertiary/aromatic N) is 3. The Morgan fingerprint density at radius 3 is 2.53 bits per heavy atom. The number of carbonyl (C=O) groups is 1. The molecule has 6 heteroatoms. The van der Waals surface area contributed by atoms with Gasteiger partial charge in [-0.05, 0) is 57.6 Å². The standard InChI is InChI=1S/C23H28N4.C3H6O2/c1-3-4-5-6-7-8-16-27-18-19(2)26-22(27)25-17-20-10-12-21(13-11-20)23(24)14-9-15-23;1-2-5-3-4/h3-6,8,10-13,16-18H,7,9,14-15,24H2,1-2H3;3H,2H2,1H3/b4-3-,6-5-,16-8+,25-17+;. The SMILES string of the molecule is C/C=C\C=C/C/C=C/n1cc(C)nc1/N=C/c1ccc(C2(N)CCC2)cc1.CCOC=O. The number of aryl methyl sites for hydroxylation is 1. The molecule has 1 saturated carbocycles. The van der Waals surface area contributed by atoms with Crippen molar-refractivity contribution >= 4 is 24.8 Å². The summed E-state index contributed by atoms with van der Waals surface area (Å²) in [6, 6.07) is 8.39. The molecule has 1 fully saturated rings. The minimum absolute atomic E-state index is 0.116. The van der Waals surface area contributed by atoms with E-state index in [9.17, 15) is 4.79 Å². The highest BCUT2D eigenvalue weighted by Crippen LogP contribution is 2.38. The zero-order chi connectivity index (χ0) is 23.2. The first-order valence-electron chi connectivity index (χ1n) is 11.0. The fourth-order valence-electron chi connectivity index (χ4n) is 3.18. The van der Waals surface area contributed by atoms with E-state index in [1.807, 2.05) is 55.3 Å². The molecule has 1 aliphatic rings. The molecule has 1 aromatic carbocycles. The Morgan fingerprint density at radius 1 is 1.22 bits per heavy atom. The van der Waals surface area contributed by atoms with Gasteiger partial charge < -0.3 is 10.5 Å². The minimum Gasteiger partial charge on any atom is -0.468 e. The maximum Gasteiger partial charge on any atom is 0.293 e. The highest BCUT2D eigenvalue weighted by atomic mass is 16.5. The van der Waals surface area contributed by atoms with Crippen LogP contribution in [-0.2, 0) is 15.1 Å². The van der Waals surface area contributed by atoms with Gasteiger partial charge in [0, 0.05) is 24.2 Å². The fraction of sp³-hybridized carbons (Fsp3) is 0.346. The van der Waals surface area contributed by atoms with E-state index in [1.54, 1.807) is 6.92 Å². The molecule has 0 unspecified atom stereocenters. The minimum atomic E-state index is -0.116. The average molecular weight is 435 g/mol. The molecule has 0 spiro atoms. The van der Waals surface area contributed by atoms with Crippen molar-refractivity contribution in [3.05, 3.63) is 77.7 Å². The Balaban J connectivity index is 0.000000654. The predicted octanol–water partition coefficient (Wildman–Crippen LogP) is 5.45. The monoisotopic (exact) mass is 434 g/mol. The molecule has 0 atom stereocenters. The second kappa shape index (κ2) is 13.2. The Morgan fingerprint density at radius 2 is 1.97 bits per heavy atom. The number of nitrogens with two attached hydrogens (primary N) is 1. The van der Waals surface area contributed by atoms with E-state index in [2.05, 4.69) is 51.1 Å². The molecular weight excluding hydrogens is 400 g/mol. The molecule has 3 rings (SSSR count). The summed E-state index contributed by atoms with van der Waals surface area (Å²) in [6.45, 7) is 6.65.